The van der Waals surface area contributed by atoms with Gasteiger partial charge in [-0.1, -0.05) is 13.0 Å². The lowest BCUT2D eigenvalue weighted by molar-refractivity contribution is -0.133. The number of likely N-dealkylation sites (N-methyl/N-ethyl adjacent to an activating group) is 1. The minimum Gasteiger partial charge on any atom is -0.478 e. The van der Waals surface area contributed by atoms with Crippen molar-refractivity contribution in [1.29, 1.82) is 0 Å². The average Bonchev–Trinajstić information content (AvgIpc) is 2.31. The van der Waals surface area contributed by atoms with Crippen molar-refractivity contribution in [3.63, 3.8) is 0 Å². The van der Waals surface area contributed by atoms with Crippen LogP contribution in [0.4, 0.5) is 0 Å². The molecule has 2 amide bonds. The molecule has 0 unspecified atom stereocenters. The predicted molar refractivity (Wildman–Crippen MR) is 62.3 cm³/mol. The lowest BCUT2D eigenvalue weighted by Crippen LogP contribution is -2.41. The molecule has 0 saturated heterocycles. The van der Waals surface area contributed by atoms with E-state index in [-0.39, 0.29) is 24.1 Å². The van der Waals surface area contributed by atoms with Gasteiger partial charge < -0.3 is 15.3 Å². The molecule has 17 heavy (non-hydrogen) atoms. The second-order valence-electron chi connectivity index (χ2n) is 3.63. The van der Waals surface area contributed by atoms with Crippen LogP contribution in [0.3, 0.4) is 0 Å². The number of rotatable bonds is 7. The Hall–Kier alpha value is -1.85. The van der Waals surface area contributed by atoms with Crippen LogP contribution in [0.1, 0.15) is 20.3 Å². The van der Waals surface area contributed by atoms with Crippen molar-refractivity contribution in [2.24, 2.45) is 0 Å². The monoisotopic (exact) mass is 242 g/mol. The Bertz CT molecular complexity index is 325. The van der Waals surface area contributed by atoms with E-state index in [1.807, 2.05) is 6.92 Å². The van der Waals surface area contributed by atoms with Crippen LogP contribution >= 0.6 is 0 Å². The van der Waals surface area contributed by atoms with Gasteiger partial charge in [-0.25, -0.2) is 4.79 Å². The number of hydrogen-bond donors (Lipinski definition) is 2. The Morgan fingerprint density at radius 2 is 2.06 bits per heavy atom. The maximum absolute atomic E-state index is 11.6. The molecular weight excluding hydrogens is 224 g/mol. The molecule has 0 aliphatic rings. The van der Waals surface area contributed by atoms with E-state index in [0.717, 1.165) is 0 Å². The first-order chi connectivity index (χ1) is 7.93. The number of carboxylic acid groups (broad SMARTS) is 1. The third-order valence-electron chi connectivity index (χ3n) is 2.43. The van der Waals surface area contributed by atoms with Crippen molar-refractivity contribution < 1.29 is 19.5 Å². The summed E-state index contributed by atoms with van der Waals surface area (Å²) in [5.41, 5.74) is 0.194. The number of carboxylic acids is 1. The van der Waals surface area contributed by atoms with E-state index in [4.69, 9.17) is 5.11 Å². The fraction of sp³-hybridized carbons (Fsp3) is 0.545. The molecule has 0 aromatic rings. The van der Waals surface area contributed by atoms with E-state index in [0.29, 0.717) is 12.8 Å². The van der Waals surface area contributed by atoms with Crippen molar-refractivity contribution in [1.82, 2.24) is 10.2 Å². The zero-order valence-electron chi connectivity index (χ0n) is 10.3. The minimum atomic E-state index is -1.00. The molecule has 96 valence electrons. The highest BCUT2D eigenvalue weighted by atomic mass is 16.4. The summed E-state index contributed by atoms with van der Waals surface area (Å²) < 4.78 is 0. The molecule has 0 bridgehead atoms. The molecule has 0 rings (SSSR count). The molecule has 1 atom stereocenters. The van der Waals surface area contributed by atoms with Crippen LogP contribution in [0.25, 0.3) is 0 Å². The lowest BCUT2D eigenvalue weighted by Gasteiger charge is -2.25. The van der Waals surface area contributed by atoms with Crippen molar-refractivity contribution in [2.45, 2.75) is 26.3 Å². The van der Waals surface area contributed by atoms with Crippen molar-refractivity contribution in [3.05, 3.63) is 11.6 Å². The number of nitrogens with one attached hydrogen (secondary N) is 1. The number of nitrogens with zero attached hydrogens (tertiary/aromatic N) is 1. The Morgan fingerprint density at radius 1 is 1.47 bits per heavy atom. The van der Waals surface area contributed by atoms with Gasteiger partial charge in [0.05, 0.1) is 12.6 Å². The first-order valence-electron chi connectivity index (χ1n) is 5.28. The number of carbonyl (C=O) groups excluding carboxylic acids is 2. The van der Waals surface area contributed by atoms with Crippen LogP contribution in [0.15, 0.2) is 11.6 Å². The van der Waals surface area contributed by atoms with E-state index < -0.39 is 5.97 Å². The summed E-state index contributed by atoms with van der Waals surface area (Å²) in [6.07, 6.45) is 2.58. The number of carbonyl (C=O) groups is 3. The van der Waals surface area contributed by atoms with Crippen LogP contribution in [0, 0.1) is 0 Å². The molecule has 6 heteroatoms. The first kappa shape index (κ1) is 15.2. The highest BCUT2D eigenvalue weighted by Crippen LogP contribution is 2.07. The number of hydrogen-bond acceptors (Lipinski definition) is 3. The van der Waals surface area contributed by atoms with Gasteiger partial charge in [0.2, 0.25) is 12.3 Å². The Balaban J connectivity index is 4.65. The first-order valence-corrected chi connectivity index (χ1v) is 5.28. The van der Waals surface area contributed by atoms with Crippen LogP contribution in [-0.2, 0) is 14.4 Å². The molecule has 0 aliphatic carbocycles. The van der Waals surface area contributed by atoms with Gasteiger partial charge in [-0.3, -0.25) is 9.59 Å². The standard InChI is InChI=1S/C11H18N2O4/c1-4-9(5-8(2)11(16)17)13(3)10(15)6-12-7-14/h5,7,9H,4,6H2,1-3H3,(H,12,14)(H,16,17)/t9-/m0/s1. The predicted octanol–water partition coefficient (Wildman–Crippen LogP) is 0.000300. The number of aliphatic carboxylic acids is 1. The number of amides is 2. The molecule has 2 N–H and O–H groups in total. The van der Waals surface area contributed by atoms with Gasteiger partial charge in [0.25, 0.3) is 0 Å². The highest BCUT2D eigenvalue weighted by molar-refractivity contribution is 5.86. The maximum Gasteiger partial charge on any atom is 0.331 e. The van der Waals surface area contributed by atoms with Crippen LogP contribution in [0.5, 0.6) is 0 Å². The van der Waals surface area contributed by atoms with Gasteiger partial charge in [0.1, 0.15) is 0 Å². The molecule has 0 aromatic carbocycles. The zero-order valence-corrected chi connectivity index (χ0v) is 10.3. The molecule has 0 saturated carbocycles. The van der Waals surface area contributed by atoms with E-state index >= 15 is 0 Å². The quantitative estimate of drug-likeness (QED) is 0.486. The zero-order chi connectivity index (χ0) is 13.4. The topological polar surface area (TPSA) is 86.7 Å². The molecule has 6 nitrogen and oxygen atoms in total. The lowest BCUT2D eigenvalue weighted by atomic mass is 10.1. The summed E-state index contributed by atoms with van der Waals surface area (Å²) in [5, 5.41) is 11.0. The van der Waals surface area contributed by atoms with Crippen molar-refractivity contribution >= 4 is 18.3 Å². The van der Waals surface area contributed by atoms with Crippen LogP contribution < -0.4 is 5.32 Å². The fourth-order valence-electron chi connectivity index (χ4n) is 1.30. The Kier molecular flexibility index (Phi) is 6.62. The summed E-state index contributed by atoms with van der Waals surface area (Å²) in [4.78, 5) is 33.8. The molecular formula is C11H18N2O4. The highest BCUT2D eigenvalue weighted by Gasteiger charge is 2.17. The molecule has 0 spiro atoms. The molecule has 0 heterocycles. The summed E-state index contributed by atoms with van der Waals surface area (Å²) >= 11 is 0. The summed E-state index contributed by atoms with van der Waals surface area (Å²) in [6.45, 7) is 3.25. The van der Waals surface area contributed by atoms with E-state index in [1.165, 1.54) is 17.9 Å². The second kappa shape index (κ2) is 7.43. The van der Waals surface area contributed by atoms with Crippen molar-refractivity contribution in [2.75, 3.05) is 13.6 Å². The van der Waals surface area contributed by atoms with E-state index in [2.05, 4.69) is 5.32 Å². The molecule has 0 radical (unpaired) electrons. The third kappa shape index (κ3) is 5.14. The largest absolute Gasteiger partial charge is 0.478 e. The third-order valence-corrected chi connectivity index (χ3v) is 2.43. The van der Waals surface area contributed by atoms with Gasteiger partial charge in [0.15, 0.2) is 0 Å². The van der Waals surface area contributed by atoms with Gasteiger partial charge in [-0.15, -0.1) is 0 Å². The Morgan fingerprint density at radius 3 is 2.47 bits per heavy atom. The smallest absolute Gasteiger partial charge is 0.331 e. The van der Waals surface area contributed by atoms with E-state index in [9.17, 15) is 14.4 Å². The molecule has 0 aliphatic heterocycles. The Labute approximate surface area is 100 Å². The van der Waals surface area contributed by atoms with Crippen LogP contribution in [-0.4, -0.2) is 47.9 Å². The van der Waals surface area contributed by atoms with Gasteiger partial charge in [0, 0.05) is 12.6 Å². The summed E-state index contributed by atoms with van der Waals surface area (Å²) in [7, 11) is 1.58. The summed E-state index contributed by atoms with van der Waals surface area (Å²) in [5.74, 6) is -1.27. The second-order valence-corrected chi connectivity index (χ2v) is 3.63. The summed E-state index contributed by atoms with van der Waals surface area (Å²) in [6, 6.07) is -0.285. The molecule has 0 aromatic heterocycles. The van der Waals surface area contributed by atoms with Crippen LogP contribution in [0.2, 0.25) is 0 Å². The minimum absolute atomic E-state index is 0.0868. The fourth-order valence-corrected chi connectivity index (χ4v) is 1.30. The normalized spacial score (nSPS) is 12.8. The van der Waals surface area contributed by atoms with E-state index in [1.54, 1.807) is 7.05 Å². The van der Waals surface area contributed by atoms with Crippen molar-refractivity contribution in [3.8, 4) is 0 Å². The maximum atomic E-state index is 11.6. The van der Waals surface area contributed by atoms with Gasteiger partial charge in [-0.2, -0.15) is 0 Å². The SMILES string of the molecule is CC[C@@H](C=C(C)C(=O)O)N(C)C(=O)CNC=O. The molecule has 0 fully saturated rings. The van der Waals surface area contributed by atoms with Gasteiger partial charge >= 0.3 is 5.97 Å². The average molecular weight is 242 g/mol. The van der Waals surface area contributed by atoms with Gasteiger partial charge in [-0.05, 0) is 13.3 Å².